The van der Waals surface area contributed by atoms with Crippen molar-refractivity contribution in [3.05, 3.63) is 0 Å². The highest BCUT2D eigenvalue weighted by molar-refractivity contribution is 6.74. The monoisotopic (exact) mass is 385 g/mol. The van der Waals surface area contributed by atoms with E-state index in [0.29, 0.717) is 0 Å². The number of hydrogen-bond acceptors (Lipinski definition) is 2. The zero-order chi connectivity index (χ0) is 19.8. The molecule has 3 nitrogen and oxygen atoms in total. The summed E-state index contributed by atoms with van der Waals surface area (Å²) in [7, 11) is -1.55. The first-order chi connectivity index (χ1) is 10.3. The van der Waals surface area contributed by atoms with E-state index in [1.807, 2.05) is 33.9 Å². The molecular weight excluding hydrogens is 363 g/mol. The fraction of sp³-hybridized carbons (Fsp3) is 0.923. The standard InChI is InChI=1S/C13H22F7NO2Si/c1-10(2,3)24(5,6)23-8-7-21(4)9(22)11(14,15)12(16,17)13(18,19)20/h7-8H2,1-6H3. The van der Waals surface area contributed by atoms with Gasteiger partial charge >= 0.3 is 18.0 Å². The minimum atomic E-state index is -6.54. The number of carbonyl (C=O) groups excluding carboxylic acids is 1. The average molecular weight is 385 g/mol. The van der Waals surface area contributed by atoms with E-state index in [9.17, 15) is 35.5 Å². The van der Waals surface area contributed by atoms with Gasteiger partial charge in [0.1, 0.15) is 0 Å². The molecular formula is C13H22F7NO2Si. The van der Waals surface area contributed by atoms with E-state index in [1.165, 1.54) is 0 Å². The van der Waals surface area contributed by atoms with Gasteiger partial charge in [0.25, 0.3) is 5.91 Å². The lowest BCUT2D eigenvalue weighted by atomic mass is 10.1. The third-order valence-electron chi connectivity index (χ3n) is 4.06. The molecule has 0 aromatic heterocycles. The Morgan fingerprint density at radius 2 is 1.42 bits per heavy atom. The first kappa shape index (κ1) is 23.2. The third kappa shape index (κ3) is 4.62. The van der Waals surface area contributed by atoms with Crippen LogP contribution in [0.5, 0.6) is 0 Å². The van der Waals surface area contributed by atoms with Crippen molar-refractivity contribution in [1.82, 2.24) is 4.90 Å². The van der Waals surface area contributed by atoms with Crippen molar-refractivity contribution in [2.45, 2.75) is 56.9 Å². The zero-order valence-corrected chi connectivity index (χ0v) is 15.3. The lowest BCUT2D eigenvalue weighted by molar-refractivity contribution is -0.345. The summed E-state index contributed by atoms with van der Waals surface area (Å²) in [5.74, 6) is -15.0. The Bertz CT molecular complexity index is 458. The Labute approximate surface area is 137 Å². The molecule has 0 unspecified atom stereocenters. The molecule has 0 aliphatic heterocycles. The fourth-order valence-electron chi connectivity index (χ4n) is 1.31. The van der Waals surface area contributed by atoms with Crippen molar-refractivity contribution in [1.29, 1.82) is 0 Å². The topological polar surface area (TPSA) is 29.5 Å². The summed E-state index contributed by atoms with van der Waals surface area (Å²) >= 11 is 0. The second-order valence-electron chi connectivity index (χ2n) is 6.98. The van der Waals surface area contributed by atoms with Crippen LogP contribution in [0.2, 0.25) is 18.1 Å². The predicted molar refractivity (Wildman–Crippen MR) is 76.7 cm³/mol. The van der Waals surface area contributed by atoms with Crippen LogP contribution in [-0.4, -0.2) is 57.3 Å². The summed E-state index contributed by atoms with van der Waals surface area (Å²) in [5, 5.41) is -0.219. The molecule has 1 amide bonds. The van der Waals surface area contributed by atoms with E-state index in [1.54, 1.807) is 0 Å². The van der Waals surface area contributed by atoms with Gasteiger partial charge in [-0.3, -0.25) is 4.79 Å². The van der Waals surface area contributed by atoms with Crippen LogP contribution in [-0.2, 0) is 9.22 Å². The predicted octanol–water partition coefficient (Wildman–Crippen LogP) is 4.30. The molecule has 0 heterocycles. The van der Waals surface area contributed by atoms with Gasteiger partial charge in [-0.2, -0.15) is 30.7 Å². The molecule has 144 valence electrons. The number of likely N-dealkylation sites (N-methyl/N-ethyl adjacent to an activating group) is 1. The van der Waals surface area contributed by atoms with Crippen LogP contribution < -0.4 is 0 Å². The summed E-state index contributed by atoms with van der Waals surface area (Å²) in [5.41, 5.74) is 0. The normalized spacial score (nSPS) is 14.7. The van der Waals surface area contributed by atoms with E-state index >= 15 is 0 Å². The third-order valence-corrected chi connectivity index (χ3v) is 8.60. The maximum absolute atomic E-state index is 13.3. The van der Waals surface area contributed by atoms with Crippen LogP contribution in [0.15, 0.2) is 0 Å². The summed E-state index contributed by atoms with van der Waals surface area (Å²) in [4.78, 5) is 11.5. The number of halogens is 7. The van der Waals surface area contributed by atoms with Crippen LogP contribution >= 0.6 is 0 Å². The fourth-order valence-corrected chi connectivity index (χ4v) is 2.34. The maximum Gasteiger partial charge on any atom is 0.460 e. The summed E-state index contributed by atoms with van der Waals surface area (Å²) in [6, 6.07) is 0. The molecule has 0 aliphatic carbocycles. The smallest absolute Gasteiger partial charge is 0.415 e. The Morgan fingerprint density at radius 1 is 1.00 bits per heavy atom. The molecule has 0 aromatic rings. The molecule has 0 saturated carbocycles. The molecule has 0 bridgehead atoms. The van der Waals surface area contributed by atoms with Crippen molar-refractivity contribution >= 4 is 14.2 Å². The average Bonchev–Trinajstić information content (AvgIpc) is 2.34. The van der Waals surface area contributed by atoms with Crippen LogP contribution in [0.4, 0.5) is 30.7 Å². The number of amides is 1. The minimum absolute atomic E-state index is 0.118. The minimum Gasteiger partial charge on any atom is -0.415 e. The highest BCUT2D eigenvalue weighted by atomic mass is 28.4. The van der Waals surface area contributed by atoms with Crippen LogP contribution in [0.1, 0.15) is 20.8 Å². The number of hydrogen-bond donors (Lipinski definition) is 0. The Balaban J connectivity index is 4.97. The highest BCUT2D eigenvalue weighted by Crippen LogP contribution is 2.47. The van der Waals surface area contributed by atoms with E-state index in [0.717, 1.165) is 7.05 Å². The van der Waals surface area contributed by atoms with Crippen molar-refractivity contribution in [3.63, 3.8) is 0 Å². The Morgan fingerprint density at radius 3 is 1.75 bits per heavy atom. The molecule has 0 aliphatic rings. The number of alkyl halides is 7. The van der Waals surface area contributed by atoms with Gasteiger partial charge < -0.3 is 9.33 Å². The maximum atomic E-state index is 13.3. The SMILES string of the molecule is CN(CCO[Si](C)(C)C(C)(C)C)C(=O)C(F)(F)C(F)(F)C(F)(F)F. The number of nitrogens with zero attached hydrogens (tertiary/aromatic N) is 1. The lowest BCUT2D eigenvalue weighted by Crippen LogP contribution is -2.60. The highest BCUT2D eigenvalue weighted by Gasteiger charge is 2.76. The van der Waals surface area contributed by atoms with Crippen LogP contribution in [0.3, 0.4) is 0 Å². The van der Waals surface area contributed by atoms with Gasteiger partial charge in [0.15, 0.2) is 8.32 Å². The van der Waals surface area contributed by atoms with Crippen molar-refractivity contribution in [2.75, 3.05) is 20.2 Å². The molecule has 0 rings (SSSR count). The lowest BCUT2D eigenvalue weighted by Gasteiger charge is -2.37. The first-order valence-corrected chi connectivity index (χ1v) is 9.92. The van der Waals surface area contributed by atoms with E-state index < -0.39 is 38.8 Å². The van der Waals surface area contributed by atoms with E-state index in [-0.39, 0.29) is 16.5 Å². The second kappa shape index (κ2) is 6.81. The molecule has 11 heteroatoms. The van der Waals surface area contributed by atoms with Gasteiger partial charge in [0.2, 0.25) is 0 Å². The van der Waals surface area contributed by atoms with Gasteiger partial charge in [-0.25, -0.2) is 0 Å². The summed E-state index contributed by atoms with van der Waals surface area (Å²) < 4.78 is 94.1. The van der Waals surface area contributed by atoms with Crippen LogP contribution in [0.25, 0.3) is 0 Å². The quantitative estimate of drug-likeness (QED) is 0.504. The molecule has 0 N–H and O–H groups in total. The van der Waals surface area contributed by atoms with Crippen molar-refractivity contribution < 1.29 is 40.0 Å². The molecule has 0 fully saturated rings. The van der Waals surface area contributed by atoms with Gasteiger partial charge in [-0.15, -0.1) is 0 Å². The largest absolute Gasteiger partial charge is 0.460 e. The van der Waals surface area contributed by atoms with Gasteiger partial charge in [0, 0.05) is 13.6 Å². The summed E-state index contributed by atoms with van der Waals surface area (Å²) in [6.07, 6.45) is -6.54. The summed E-state index contributed by atoms with van der Waals surface area (Å²) in [6.45, 7) is 8.58. The zero-order valence-electron chi connectivity index (χ0n) is 14.3. The van der Waals surface area contributed by atoms with Crippen molar-refractivity contribution in [2.24, 2.45) is 0 Å². The number of carbonyl (C=O) groups is 1. The number of rotatable bonds is 6. The molecule has 24 heavy (non-hydrogen) atoms. The molecule has 0 spiro atoms. The molecule has 0 radical (unpaired) electrons. The van der Waals surface area contributed by atoms with E-state index in [4.69, 9.17) is 4.43 Å². The molecule has 0 atom stereocenters. The molecule has 0 aromatic carbocycles. The molecule has 0 saturated heterocycles. The first-order valence-electron chi connectivity index (χ1n) is 7.01. The van der Waals surface area contributed by atoms with E-state index in [2.05, 4.69) is 0 Å². The van der Waals surface area contributed by atoms with Gasteiger partial charge in [-0.05, 0) is 18.1 Å². The second-order valence-corrected chi connectivity index (χ2v) is 11.8. The Hall–Kier alpha value is -0.843. The Kier molecular flexibility index (Phi) is 6.57. The van der Waals surface area contributed by atoms with Gasteiger partial charge in [0.05, 0.1) is 6.61 Å². The van der Waals surface area contributed by atoms with Gasteiger partial charge in [-0.1, -0.05) is 20.8 Å². The van der Waals surface area contributed by atoms with Crippen molar-refractivity contribution in [3.8, 4) is 0 Å². The van der Waals surface area contributed by atoms with Crippen LogP contribution in [0, 0.1) is 0 Å².